The van der Waals surface area contributed by atoms with Crippen molar-refractivity contribution >= 4 is 40.0 Å². The highest BCUT2D eigenvalue weighted by Crippen LogP contribution is 2.26. The largest absolute Gasteiger partial charge is 0.497 e. The van der Waals surface area contributed by atoms with E-state index in [1.54, 1.807) is 31.4 Å². The predicted octanol–water partition coefficient (Wildman–Crippen LogP) is 4.94. The minimum absolute atomic E-state index is 0.209. The fourth-order valence-electron chi connectivity index (χ4n) is 2.94. The highest BCUT2D eigenvalue weighted by atomic mass is 32.1. The van der Waals surface area contributed by atoms with Crippen LogP contribution in [0, 0.1) is 6.92 Å². The summed E-state index contributed by atoms with van der Waals surface area (Å²) in [5, 5.41) is 5.87. The number of aromatic nitrogens is 1. The first kappa shape index (κ1) is 19.6. The highest BCUT2D eigenvalue weighted by molar-refractivity contribution is 7.80. The molecule has 1 heterocycles. The van der Waals surface area contributed by atoms with Crippen molar-refractivity contribution < 1.29 is 13.9 Å². The molecule has 0 atom stereocenters. The first-order valence-corrected chi connectivity index (χ1v) is 9.67. The number of rotatable bonds is 4. The van der Waals surface area contributed by atoms with Crippen molar-refractivity contribution in [2.75, 3.05) is 12.4 Å². The molecule has 2 N–H and O–H groups in total. The van der Waals surface area contributed by atoms with Gasteiger partial charge in [-0.3, -0.25) is 10.1 Å². The van der Waals surface area contributed by atoms with E-state index in [-0.39, 0.29) is 11.0 Å². The number of aryl methyl sites for hydroxylation is 1. The molecular formula is C23H19N3O3S. The zero-order chi connectivity index (χ0) is 21.1. The Kier molecular flexibility index (Phi) is 5.45. The maximum Gasteiger partial charge on any atom is 0.257 e. The maximum absolute atomic E-state index is 12.3. The van der Waals surface area contributed by atoms with Gasteiger partial charge in [-0.15, -0.1) is 0 Å². The number of amides is 1. The lowest BCUT2D eigenvalue weighted by Crippen LogP contribution is -2.34. The van der Waals surface area contributed by atoms with Crippen LogP contribution in [0.5, 0.6) is 5.75 Å². The van der Waals surface area contributed by atoms with Crippen LogP contribution in [-0.4, -0.2) is 23.1 Å². The van der Waals surface area contributed by atoms with Crippen LogP contribution in [0.4, 0.5) is 5.69 Å². The fraction of sp³-hybridized carbons (Fsp3) is 0.0870. The normalized spacial score (nSPS) is 10.6. The molecule has 0 saturated carbocycles. The Morgan fingerprint density at radius 1 is 1.03 bits per heavy atom. The van der Waals surface area contributed by atoms with Crippen molar-refractivity contribution in [3.05, 3.63) is 77.9 Å². The van der Waals surface area contributed by atoms with Crippen LogP contribution in [0.15, 0.2) is 71.1 Å². The SMILES string of the molecule is COc1ccc(C(=O)NC(=S)Nc2ccc(-c3nc4cc(C)ccc4o3)cc2)cc1. The Balaban J connectivity index is 1.40. The van der Waals surface area contributed by atoms with Crippen molar-refractivity contribution in [2.45, 2.75) is 6.92 Å². The molecule has 4 aromatic rings. The molecule has 0 radical (unpaired) electrons. The summed E-state index contributed by atoms with van der Waals surface area (Å²) in [7, 11) is 1.57. The molecule has 3 aromatic carbocycles. The minimum atomic E-state index is -0.298. The van der Waals surface area contributed by atoms with Gasteiger partial charge in [0.25, 0.3) is 5.91 Å². The van der Waals surface area contributed by atoms with Crippen molar-refractivity contribution in [1.82, 2.24) is 10.3 Å². The fourth-order valence-corrected chi connectivity index (χ4v) is 3.15. The molecule has 0 aliphatic rings. The Hall–Kier alpha value is -3.71. The second kappa shape index (κ2) is 8.34. The lowest BCUT2D eigenvalue weighted by atomic mass is 10.2. The average Bonchev–Trinajstić information content (AvgIpc) is 3.17. The van der Waals surface area contributed by atoms with Gasteiger partial charge >= 0.3 is 0 Å². The Morgan fingerprint density at radius 2 is 1.77 bits per heavy atom. The molecule has 0 fully saturated rings. The van der Waals surface area contributed by atoms with Gasteiger partial charge in [-0.05, 0) is 85.4 Å². The summed E-state index contributed by atoms with van der Waals surface area (Å²) >= 11 is 5.24. The predicted molar refractivity (Wildman–Crippen MR) is 121 cm³/mol. The second-order valence-electron chi connectivity index (χ2n) is 6.70. The third-order valence-electron chi connectivity index (χ3n) is 4.51. The smallest absolute Gasteiger partial charge is 0.257 e. The third kappa shape index (κ3) is 4.31. The van der Waals surface area contributed by atoms with E-state index < -0.39 is 0 Å². The van der Waals surface area contributed by atoms with Crippen LogP contribution in [0.25, 0.3) is 22.6 Å². The monoisotopic (exact) mass is 417 g/mol. The van der Waals surface area contributed by atoms with Gasteiger partial charge in [-0.25, -0.2) is 4.98 Å². The highest BCUT2D eigenvalue weighted by Gasteiger charge is 2.10. The molecule has 150 valence electrons. The van der Waals surface area contributed by atoms with Crippen LogP contribution < -0.4 is 15.4 Å². The molecule has 0 bridgehead atoms. The summed E-state index contributed by atoms with van der Waals surface area (Å²) < 4.78 is 10.9. The van der Waals surface area contributed by atoms with Crippen molar-refractivity contribution in [3.63, 3.8) is 0 Å². The summed E-state index contributed by atoms with van der Waals surface area (Å²) in [6, 6.07) is 20.1. The molecule has 0 aliphatic heterocycles. The van der Waals surface area contributed by atoms with Crippen LogP contribution in [0.1, 0.15) is 15.9 Å². The standard InChI is InChI=1S/C23H19N3O3S/c1-14-3-12-20-19(13-14)25-22(29-20)16-4-8-17(9-5-16)24-23(30)26-21(27)15-6-10-18(28-2)11-7-15/h3-13H,1-2H3,(H2,24,26,27,30). The Labute approximate surface area is 178 Å². The molecule has 1 aromatic heterocycles. The molecule has 0 aliphatic carbocycles. The van der Waals surface area contributed by atoms with Gasteiger partial charge in [0.2, 0.25) is 5.89 Å². The number of hydrogen-bond acceptors (Lipinski definition) is 5. The molecule has 1 amide bonds. The van der Waals surface area contributed by atoms with Gasteiger partial charge in [0, 0.05) is 16.8 Å². The number of hydrogen-bond donors (Lipinski definition) is 2. The van der Waals surface area contributed by atoms with Gasteiger partial charge in [-0.1, -0.05) is 6.07 Å². The summed E-state index contributed by atoms with van der Waals surface area (Å²) in [6.07, 6.45) is 0. The van der Waals surface area contributed by atoms with Crippen LogP contribution in [0.3, 0.4) is 0 Å². The lowest BCUT2D eigenvalue weighted by Gasteiger charge is -2.10. The van der Waals surface area contributed by atoms with E-state index in [1.807, 2.05) is 49.4 Å². The van der Waals surface area contributed by atoms with Gasteiger partial charge in [0.1, 0.15) is 11.3 Å². The molecule has 6 nitrogen and oxygen atoms in total. The summed E-state index contributed by atoms with van der Waals surface area (Å²) in [5.74, 6) is 0.937. The Bertz CT molecular complexity index is 1210. The van der Waals surface area contributed by atoms with E-state index in [9.17, 15) is 4.79 Å². The number of nitrogens with one attached hydrogen (secondary N) is 2. The van der Waals surface area contributed by atoms with E-state index in [4.69, 9.17) is 21.4 Å². The number of carbonyl (C=O) groups is 1. The average molecular weight is 417 g/mol. The topological polar surface area (TPSA) is 76.4 Å². The third-order valence-corrected chi connectivity index (χ3v) is 4.72. The number of methoxy groups -OCH3 is 1. The van der Waals surface area contributed by atoms with Crippen molar-refractivity contribution in [3.8, 4) is 17.2 Å². The lowest BCUT2D eigenvalue weighted by molar-refractivity contribution is 0.0977. The van der Waals surface area contributed by atoms with Crippen LogP contribution in [0.2, 0.25) is 0 Å². The van der Waals surface area contributed by atoms with Crippen molar-refractivity contribution in [1.29, 1.82) is 0 Å². The number of oxazole rings is 1. The molecule has 7 heteroatoms. The number of nitrogens with zero attached hydrogens (tertiary/aromatic N) is 1. The minimum Gasteiger partial charge on any atom is -0.497 e. The van der Waals surface area contributed by atoms with Gasteiger partial charge in [-0.2, -0.15) is 0 Å². The van der Waals surface area contributed by atoms with Crippen molar-refractivity contribution in [2.24, 2.45) is 0 Å². The van der Waals surface area contributed by atoms with Crippen LogP contribution in [-0.2, 0) is 0 Å². The second-order valence-corrected chi connectivity index (χ2v) is 7.11. The van der Waals surface area contributed by atoms with E-state index in [2.05, 4.69) is 15.6 Å². The first-order valence-electron chi connectivity index (χ1n) is 9.26. The number of fused-ring (bicyclic) bond motifs is 1. The first-order chi connectivity index (χ1) is 14.5. The molecule has 0 unspecified atom stereocenters. The number of ether oxygens (including phenoxy) is 1. The quantitative estimate of drug-likeness (QED) is 0.458. The molecule has 30 heavy (non-hydrogen) atoms. The van der Waals surface area contributed by atoms with E-state index in [0.29, 0.717) is 17.2 Å². The molecule has 4 rings (SSSR count). The van der Waals surface area contributed by atoms with E-state index in [0.717, 1.165) is 27.9 Å². The van der Waals surface area contributed by atoms with E-state index in [1.165, 1.54) is 0 Å². The zero-order valence-electron chi connectivity index (χ0n) is 16.4. The van der Waals surface area contributed by atoms with Crippen LogP contribution >= 0.6 is 12.2 Å². The summed E-state index contributed by atoms with van der Waals surface area (Å²) in [6.45, 7) is 2.02. The Morgan fingerprint density at radius 3 is 2.47 bits per heavy atom. The summed E-state index contributed by atoms with van der Waals surface area (Å²) in [4.78, 5) is 16.8. The van der Waals surface area contributed by atoms with Gasteiger partial charge in [0.15, 0.2) is 10.7 Å². The molecule has 0 spiro atoms. The number of anilines is 1. The van der Waals surface area contributed by atoms with Gasteiger partial charge in [0.05, 0.1) is 7.11 Å². The van der Waals surface area contributed by atoms with E-state index >= 15 is 0 Å². The number of benzene rings is 3. The summed E-state index contributed by atoms with van der Waals surface area (Å²) in [5.41, 5.74) is 4.79. The number of thiocarbonyl (C=S) groups is 1. The molecule has 0 saturated heterocycles. The molecular weight excluding hydrogens is 398 g/mol. The maximum atomic E-state index is 12.3. The zero-order valence-corrected chi connectivity index (χ0v) is 17.2. The number of carbonyl (C=O) groups excluding carboxylic acids is 1. The van der Waals surface area contributed by atoms with Gasteiger partial charge < -0.3 is 14.5 Å².